The van der Waals surface area contributed by atoms with Crippen LogP contribution in [-0.4, -0.2) is 36.7 Å². The van der Waals surface area contributed by atoms with Crippen LogP contribution in [0.15, 0.2) is 18.6 Å². The van der Waals surface area contributed by atoms with Crippen LogP contribution in [0.2, 0.25) is 0 Å². The van der Waals surface area contributed by atoms with Gasteiger partial charge in [0.1, 0.15) is 0 Å². The van der Waals surface area contributed by atoms with Crippen LogP contribution in [0.5, 0.6) is 0 Å². The molecule has 7 heteroatoms. The molecular formula is C11H16N6O. The van der Waals surface area contributed by atoms with Gasteiger partial charge in [-0.15, -0.1) is 5.10 Å². The van der Waals surface area contributed by atoms with Crippen molar-refractivity contribution < 1.29 is 5.11 Å². The highest BCUT2D eigenvalue weighted by Gasteiger charge is 2.00. The number of nitrogens with one attached hydrogen (secondary N) is 1. The van der Waals surface area contributed by atoms with Crippen LogP contribution in [0, 0.1) is 6.92 Å². The lowest BCUT2D eigenvalue weighted by molar-refractivity contribution is 0.268. The lowest BCUT2D eigenvalue weighted by Crippen LogP contribution is -2.14. The number of aromatic nitrogens is 5. The van der Waals surface area contributed by atoms with Crippen molar-refractivity contribution in [1.29, 1.82) is 0 Å². The van der Waals surface area contributed by atoms with Crippen LogP contribution in [0.25, 0.3) is 0 Å². The van der Waals surface area contributed by atoms with Gasteiger partial charge in [-0.2, -0.15) is 0 Å². The van der Waals surface area contributed by atoms with Crippen LogP contribution in [0.4, 0.5) is 0 Å². The summed E-state index contributed by atoms with van der Waals surface area (Å²) in [6, 6.07) is 0. The van der Waals surface area contributed by atoms with Crippen LogP contribution in [0.3, 0.4) is 0 Å². The zero-order valence-electron chi connectivity index (χ0n) is 10.2. The quantitative estimate of drug-likeness (QED) is 0.727. The number of aliphatic hydroxyl groups excluding tert-OH is 1. The molecule has 2 N–H and O–H groups in total. The SMILES string of the molecule is Cc1cnc(CNCc2cn(CCO)nn2)cn1. The standard InChI is InChI=1S/C11H16N6O/c1-9-4-14-10(7-13-9)5-12-6-11-8-17(2-3-18)16-15-11/h4,7-8,12,18H,2-3,5-6H2,1H3. The normalized spacial score (nSPS) is 10.8. The average Bonchev–Trinajstić information content (AvgIpc) is 2.80. The number of aliphatic hydroxyl groups is 1. The van der Waals surface area contributed by atoms with Crippen molar-refractivity contribution in [3.8, 4) is 0 Å². The molecule has 0 aliphatic carbocycles. The number of aryl methyl sites for hydroxylation is 1. The first-order valence-corrected chi connectivity index (χ1v) is 5.76. The molecule has 7 nitrogen and oxygen atoms in total. The van der Waals surface area contributed by atoms with E-state index < -0.39 is 0 Å². The smallest absolute Gasteiger partial charge is 0.0964 e. The molecule has 2 aromatic heterocycles. The maximum atomic E-state index is 8.76. The van der Waals surface area contributed by atoms with Crippen molar-refractivity contribution in [2.75, 3.05) is 6.61 Å². The van der Waals surface area contributed by atoms with Gasteiger partial charge in [-0.05, 0) is 6.92 Å². The molecule has 0 bridgehead atoms. The Balaban J connectivity index is 1.79. The molecule has 2 aromatic rings. The van der Waals surface area contributed by atoms with E-state index in [0.717, 1.165) is 17.1 Å². The van der Waals surface area contributed by atoms with Gasteiger partial charge < -0.3 is 10.4 Å². The van der Waals surface area contributed by atoms with E-state index in [-0.39, 0.29) is 6.61 Å². The molecule has 0 atom stereocenters. The Morgan fingerprint density at radius 2 is 2.06 bits per heavy atom. The average molecular weight is 248 g/mol. The van der Waals surface area contributed by atoms with E-state index in [1.165, 1.54) is 0 Å². The minimum absolute atomic E-state index is 0.0647. The third-order valence-electron chi connectivity index (χ3n) is 2.36. The first-order chi connectivity index (χ1) is 8.78. The first kappa shape index (κ1) is 12.6. The van der Waals surface area contributed by atoms with E-state index in [1.807, 2.05) is 13.1 Å². The van der Waals surface area contributed by atoms with E-state index in [0.29, 0.717) is 19.6 Å². The molecule has 0 amide bonds. The summed E-state index contributed by atoms with van der Waals surface area (Å²) in [6.45, 7) is 3.69. The summed E-state index contributed by atoms with van der Waals surface area (Å²) in [5.41, 5.74) is 2.64. The van der Waals surface area contributed by atoms with E-state index in [2.05, 4.69) is 25.6 Å². The van der Waals surface area contributed by atoms with Gasteiger partial charge in [0.25, 0.3) is 0 Å². The second-order valence-electron chi connectivity index (χ2n) is 3.95. The molecule has 2 rings (SSSR count). The number of hydrogen-bond acceptors (Lipinski definition) is 6. The van der Waals surface area contributed by atoms with Gasteiger partial charge in [0.05, 0.1) is 30.2 Å². The molecule has 0 radical (unpaired) electrons. The molecule has 0 unspecified atom stereocenters. The van der Waals surface area contributed by atoms with Crippen molar-refractivity contribution in [3.05, 3.63) is 35.7 Å². The molecule has 0 saturated heterocycles. The molecule has 96 valence electrons. The molecule has 0 fully saturated rings. The zero-order chi connectivity index (χ0) is 12.8. The predicted octanol–water partition coefficient (Wildman–Crippen LogP) is -0.341. The number of nitrogens with zero attached hydrogens (tertiary/aromatic N) is 5. The van der Waals surface area contributed by atoms with Crippen molar-refractivity contribution in [2.45, 2.75) is 26.6 Å². The van der Waals surface area contributed by atoms with Crippen LogP contribution < -0.4 is 5.32 Å². The summed E-state index contributed by atoms with van der Waals surface area (Å²) in [5.74, 6) is 0. The third-order valence-corrected chi connectivity index (χ3v) is 2.36. The molecule has 0 aromatic carbocycles. The summed E-state index contributed by atoms with van der Waals surface area (Å²) in [7, 11) is 0. The lowest BCUT2D eigenvalue weighted by atomic mass is 10.4. The van der Waals surface area contributed by atoms with Crippen molar-refractivity contribution in [1.82, 2.24) is 30.3 Å². The number of hydrogen-bond donors (Lipinski definition) is 2. The van der Waals surface area contributed by atoms with Crippen molar-refractivity contribution >= 4 is 0 Å². The maximum absolute atomic E-state index is 8.76. The fraction of sp³-hybridized carbons (Fsp3) is 0.455. The van der Waals surface area contributed by atoms with E-state index >= 15 is 0 Å². The largest absolute Gasteiger partial charge is 0.394 e. The Kier molecular flexibility index (Phi) is 4.32. The summed E-state index contributed by atoms with van der Waals surface area (Å²) in [5, 5.41) is 19.8. The molecule has 18 heavy (non-hydrogen) atoms. The van der Waals surface area contributed by atoms with Crippen LogP contribution >= 0.6 is 0 Å². The van der Waals surface area contributed by atoms with Gasteiger partial charge in [0.2, 0.25) is 0 Å². The molecule has 0 aliphatic heterocycles. The van der Waals surface area contributed by atoms with Gasteiger partial charge in [0, 0.05) is 31.7 Å². The molecular weight excluding hydrogens is 232 g/mol. The minimum atomic E-state index is 0.0647. The Labute approximate surface area is 105 Å². The Morgan fingerprint density at radius 3 is 2.78 bits per heavy atom. The summed E-state index contributed by atoms with van der Waals surface area (Å²) >= 11 is 0. The highest BCUT2D eigenvalue weighted by Crippen LogP contribution is 1.96. The fourth-order valence-corrected chi connectivity index (χ4v) is 1.46. The monoisotopic (exact) mass is 248 g/mol. The highest BCUT2D eigenvalue weighted by atomic mass is 16.3. The minimum Gasteiger partial charge on any atom is -0.394 e. The third kappa shape index (κ3) is 3.57. The molecule has 0 spiro atoms. The Morgan fingerprint density at radius 1 is 1.22 bits per heavy atom. The van der Waals surface area contributed by atoms with Crippen molar-refractivity contribution in [3.63, 3.8) is 0 Å². The van der Waals surface area contributed by atoms with Gasteiger partial charge in [-0.3, -0.25) is 9.97 Å². The van der Waals surface area contributed by atoms with Gasteiger partial charge in [0.15, 0.2) is 0 Å². The maximum Gasteiger partial charge on any atom is 0.0964 e. The summed E-state index contributed by atoms with van der Waals surface area (Å²) in [4.78, 5) is 8.42. The Hall–Kier alpha value is -1.86. The van der Waals surface area contributed by atoms with Crippen molar-refractivity contribution in [2.24, 2.45) is 0 Å². The van der Waals surface area contributed by atoms with E-state index in [4.69, 9.17) is 5.11 Å². The van der Waals surface area contributed by atoms with E-state index in [1.54, 1.807) is 17.1 Å². The van der Waals surface area contributed by atoms with Gasteiger partial charge in [-0.1, -0.05) is 5.21 Å². The first-order valence-electron chi connectivity index (χ1n) is 5.76. The predicted molar refractivity (Wildman–Crippen MR) is 64.4 cm³/mol. The molecule has 0 saturated carbocycles. The highest BCUT2D eigenvalue weighted by molar-refractivity contribution is 5.00. The van der Waals surface area contributed by atoms with Crippen LogP contribution in [0.1, 0.15) is 17.1 Å². The Bertz CT molecular complexity index is 481. The fourth-order valence-electron chi connectivity index (χ4n) is 1.46. The second-order valence-corrected chi connectivity index (χ2v) is 3.95. The molecule has 0 aliphatic rings. The number of rotatable bonds is 6. The summed E-state index contributed by atoms with van der Waals surface area (Å²) < 4.78 is 1.61. The van der Waals surface area contributed by atoms with Gasteiger partial charge in [-0.25, -0.2) is 4.68 Å². The molecule has 2 heterocycles. The topological polar surface area (TPSA) is 88.8 Å². The second kappa shape index (κ2) is 6.18. The van der Waals surface area contributed by atoms with Gasteiger partial charge >= 0.3 is 0 Å². The van der Waals surface area contributed by atoms with E-state index in [9.17, 15) is 0 Å². The lowest BCUT2D eigenvalue weighted by Gasteiger charge is -2.01. The summed E-state index contributed by atoms with van der Waals surface area (Å²) in [6.07, 6.45) is 5.31. The van der Waals surface area contributed by atoms with Crippen LogP contribution in [-0.2, 0) is 19.6 Å². The zero-order valence-corrected chi connectivity index (χ0v) is 10.2.